The first kappa shape index (κ1) is 15.7. The van der Waals surface area contributed by atoms with Crippen LogP contribution in [0.3, 0.4) is 0 Å². The molecule has 0 aliphatic heterocycles. The fraction of sp³-hybridized carbons (Fsp3) is 0.111. The number of carbonyl (C=O) groups excluding carboxylic acids is 1. The van der Waals surface area contributed by atoms with Crippen molar-refractivity contribution in [2.24, 2.45) is 0 Å². The molecule has 0 saturated carbocycles. The molecule has 0 unspecified atom stereocenters. The third-order valence-corrected chi connectivity index (χ3v) is 4.85. The fourth-order valence-electron chi connectivity index (χ4n) is 2.18. The molecule has 0 saturated heterocycles. The normalized spacial score (nSPS) is 10.5. The number of rotatable bonds is 4. The Kier molecular flexibility index (Phi) is 4.74. The van der Waals surface area contributed by atoms with E-state index in [0.29, 0.717) is 16.4 Å². The summed E-state index contributed by atoms with van der Waals surface area (Å²) in [5, 5.41) is 4.45. The summed E-state index contributed by atoms with van der Waals surface area (Å²) in [6.45, 7) is 2.36. The Hall–Kier alpha value is -2.17. The molecule has 0 fully saturated rings. The molecule has 0 radical (unpaired) electrons. The van der Waals surface area contributed by atoms with E-state index in [1.807, 2.05) is 61.5 Å². The first-order valence-corrected chi connectivity index (χ1v) is 8.38. The van der Waals surface area contributed by atoms with Crippen molar-refractivity contribution in [1.29, 1.82) is 0 Å². The van der Waals surface area contributed by atoms with Gasteiger partial charge in [-0.3, -0.25) is 4.79 Å². The average molecular weight is 343 g/mol. The molecule has 1 aromatic heterocycles. The Balaban J connectivity index is 1.75. The van der Waals surface area contributed by atoms with Crippen molar-refractivity contribution in [3.05, 3.63) is 75.8 Å². The minimum absolute atomic E-state index is 0.0935. The lowest BCUT2D eigenvalue weighted by atomic mass is 10.2. The number of halogens is 1. The Morgan fingerprint density at radius 1 is 1.13 bits per heavy atom. The van der Waals surface area contributed by atoms with Gasteiger partial charge in [-0.2, -0.15) is 0 Å². The smallest absolute Gasteiger partial charge is 0.263 e. The van der Waals surface area contributed by atoms with Gasteiger partial charge >= 0.3 is 0 Å². The van der Waals surface area contributed by atoms with Crippen LogP contribution in [0.15, 0.2) is 54.6 Å². The van der Waals surface area contributed by atoms with Crippen molar-refractivity contribution >= 4 is 28.8 Å². The third kappa shape index (κ3) is 3.78. The molecule has 0 bridgehead atoms. The maximum atomic E-state index is 12.4. The highest BCUT2D eigenvalue weighted by molar-refractivity contribution is 7.17. The number of amides is 1. The van der Waals surface area contributed by atoms with E-state index in [2.05, 4.69) is 10.3 Å². The summed E-state index contributed by atoms with van der Waals surface area (Å²) in [6.07, 6.45) is 0. The lowest BCUT2D eigenvalue weighted by molar-refractivity contribution is 0.0954. The van der Waals surface area contributed by atoms with Gasteiger partial charge in [0.15, 0.2) is 0 Å². The topological polar surface area (TPSA) is 42.0 Å². The number of nitrogens with zero attached hydrogens (tertiary/aromatic N) is 1. The second kappa shape index (κ2) is 6.94. The highest BCUT2D eigenvalue weighted by Gasteiger charge is 2.16. The van der Waals surface area contributed by atoms with E-state index in [0.717, 1.165) is 21.8 Å². The number of carbonyl (C=O) groups is 1. The zero-order valence-electron chi connectivity index (χ0n) is 12.5. The van der Waals surface area contributed by atoms with Crippen LogP contribution in [-0.2, 0) is 6.54 Å². The zero-order valence-corrected chi connectivity index (χ0v) is 14.1. The van der Waals surface area contributed by atoms with Crippen LogP contribution in [0.25, 0.3) is 10.6 Å². The molecule has 0 spiro atoms. The lowest BCUT2D eigenvalue weighted by Crippen LogP contribution is -2.22. The summed E-state index contributed by atoms with van der Waals surface area (Å²) < 4.78 is 0. The average Bonchev–Trinajstić information content (AvgIpc) is 2.96. The van der Waals surface area contributed by atoms with Crippen LogP contribution in [0.5, 0.6) is 0 Å². The predicted molar refractivity (Wildman–Crippen MR) is 94.9 cm³/mol. The highest BCUT2D eigenvalue weighted by atomic mass is 35.5. The van der Waals surface area contributed by atoms with Crippen LogP contribution in [0, 0.1) is 6.92 Å². The first-order chi connectivity index (χ1) is 11.1. The van der Waals surface area contributed by atoms with E-state index in [1.165, 1.54) is 11.3 Å². The van der Waals surface area contributed by atoms with Crippen LogP contribution in [0.2, 0.25) is 5.02 Å². The molecule has 3 rings (SSSR count). The van der Waals surface area contributed by atoms with E-state index in [4.69, 9.17) is 11.6 Å². The van der Waals surface area contributed by atoms with Crippen LogP contribution in [0.4, 0.5) is 0 Å². The van der Waals surface area contributed by atoms with Crippen molar-refractivity contribution < 1.29 is 4.79 Å². The molecule has 0 aliphatic rings. The SMILES string of the molecule is Cc1nc(-c2ccc(Cl)cc2)sc1C(=O)NCc1ccccc1. The maximum Gasteiger partial charge on any atom is 0.263 e. The Morgan fingerprint density at radius 2 is 1.83 bits per heavy atom. The van der Waals surface area contributed by atoms with E-state index < -0.39 is 0 Å². The molecule has 23 heavy (non-hydrogen) atoms. The molecule has 5 heteroatoms. The second-order valence-corrected chi connectivity index (χ2v) is 6.54. The quantitative estimate of drug-likeness (QED) is 0.746. The summed E-state index contributed by atoms with van der Waals surface area (Å²) in [6, 6.07) is 17.3. The van der Waals surface area contributed by atoms with E-state index >= 15 is 0 Å². The minimum Gasteiger partial charge on any atom is -0.347 e. The van der Waals surface area contributed by atoms with Crippen LogP contribution >= 0.6 is 22.9 Å². The van der Waals surface area contributed by atoms with Gasteiger partial charge in [-0.1, -0.05) is 54.1 Å². The summed E-state index contributed by atoms with van der Waals surface area (Å²) in [7, 11) is 0. The molecule has 116 valence electrons. The van der Waals surface area contributed by atoms with E-state index in [-0.39, 0.29) is 5.91 Å². The zero-order chi connectivity index (χ0) is 16.2. The summed E-state index contributed by atoms with van der Waals surface area (Å²) in [5.41, 5.74) is 2.77. The molecule has 3 aromatic rings. The van der Waals surface area contributed by atoms with Gasteiger partial charge in [0, 0.05) is 17.1 Å². The molecular formula is C18H15ClN2OS. The highest BCUT2D eigenvalue weighted by Crippen LogP contribution is 2.28. The van der Waals surface area contributed by atoms with Gasteiger partial charge < -0.3 is 5.32 Å². The van der Waals surface area contributed by atoms with Crippen LogP contribution < -0.4 is 5.32 Å². The van der Waals surface area contributed by atoms with Crippen molar-refractivity contribution in [3.8, 4) is 10.6 Å². The fourth-order valence-corrected chi connectivity index (χ4v) is 3.30. The largest absolute Gasteiger partial charge is 0.347 e. The monoisotopic (exact) mass is 342 g/mol. The Morgan fingerprint density at radius 3 is 2.52 bits per heavy atom. The Bertz CT molecular complexity index is 813. The number of nitrogens with one attached hydrogen (secondary N) is 1. The number of hydrogen-bond acceptors (Lipinski definition) is 3. The number of thiazole rings is 1. The minimum atomic E-state index is -0.0935. The number of hydrogen-bond donors (Lipinski definition) is 1. The number of benzene rings is 2. The van der Waals surface area contributed by atoms with Crippen molar-refractivity contribution in [2.75, 3.05) is 0 Å². The van der Waals surface area contributed by atoms with Gasteiger partial charge in [0.25, 0.3) is 5.91 Å². The molecule has 1 N–H and O–H groups in total. The summed E-state index contributed by atoms with van der Waals surface area (Å²) in [4.78, 5) is 17.5. The lowest BCUT2D eigenvalue weighted by Gasteiger charge is -2.03. The van der Waals surface area contributed by atoms with Crippen molar-refractivity contribution in [3.63, 3.8) is 0 Å². The van der Waals surface area contributed by atoms with Crippen molar-refractivity contribution in [2.45, 2.75) is 13.5 Å². The summed E-state index contributed by atoms with van der Waals surface area (Å²) >= 11 is 7.30. The second-order valence-electron chi connectivity index (χ2n) is 5.11. The molecule has 0 atom stereocenters. The van der Waals surface area contributed by atoms with Gasteiger partial charge in [0.1, 0.15) is 9.88 Å². The van der Waals surface area contributed by atoms with Gasteiger partial charge in [-0.25, -0.2) is 4.98 Å². The molecule has 1 heterocycles. The standard InChI is InChI=1S/C18H15ClN2OS/c1-12-16(17(22)20-11-13-5-3-2-4-6-13)23-18(21-12)14-7-9-15(19)10-8-14/h2-10H,11H2,1H3,(H,20,22). The van der Waals surface area contributed by atoms with Crippen LogP contribution in [-0.4, -0.2) is 10.9 Å². The predicted octanol–water partition coefficient (Wildman–Crippen LogP) is 4.70. The van der Waals surface area contributed by atoms with Gasteiger partial charge in [0.05, 0.1) is 5.69 Å². The van der Waals surface area contributed by atoms with Crippen molar-refractivity contribution in [1.82, 2.24) is 10.3 Å². The summed E-state index contributed by atoms with van der Waals surface area (Å²) in [5.74, 6) is -0.0935. The van der Waals surface area contributed by atoms with Gasteiger partial charge in [0.2, 0.25) is 0 Å². The number of aromatic nitrogens is 1. The van der Waals surface area contributed by atoms with Gasteiger partial charge in [-0.15, -0.1) is 11.3 Å². The molecule has 1 amide bonds. The molecule has 2 aromatic carbocycles. The van der Waals surface area contributed by atoms with E-state index in [9.17, 15) is 4.79 Å². The van der Waals surface area contributed by atoms with Gasteiger partial charge in [-0.05, 0) is 24.6 Å². The molecule has 0 aliphatic carbocycles. The number of aryl methyl sites for hydroxylation is 1. The first-order valence-electron chi connectivity index (χ1n) is 7.19. The molecular weight excluding hydrogens is 328 g/mol. The Labute approximate surface area is 144 Å². The third-order valence-electron chi connectivity index (χ3n) is 3.39. The van der Waals surface area contributed by atoms with E-state index in [1.54, 1.807) is 0 Å². The molecule has 3 nitrogen and oxygen atoms in total. The van der Waals surface area contributed by atoms with Crippen LogP contribution in [0.1, 0.15) is 20.9 Å². The maximum absolute atomic E-state index is 12.4.